The van der Waals surface area contributed by atoms with Crippen molar-refractivity contribution in [3.63, 3.8) is 0 Å². The van der Waals surface area contributed by atoms with Crippen molar-refractivity contribution < 1.29 is 9.21 Å². The van der Waals surface area contributed by atoms with Gasteiger partial charge in [0, 0.05) is 31.3 Å². The molecule has 1 aromatic heterocycles. The van der Waals surface area contributed by atoms with Crippen LogP contribution >= 0.6 is 11.8 Å². The van der Waals surface area contributed by atoms with E-state index in [4.69, 9.17) is 4.42 Å². The normalized spacial score (nSPS) is 10.5. The number of thioether (sulfide) groups is 1. The largest absolute Gasteiger partial charge is 0.469 e. The van der Waals surface area contributed by atoms with E-state index in [1.807, 2.05) is 19.2 Å². The van der Waals surface area contributed by atoms with Gasteiger partial charge < -0.3 is 9.32 Å². The molecule has 0 saturated carbocycles. The minimum atomic E-state index is 0.135. The molecule has 2 rings (SSSR count). The van der Waals surface area contributed by atoms with Gasteiger partial charge in [0.15, 0.2) is 0 Å². The molecule has 2 aromatic rings. The minimum Gasteiger partial charge on any atom is -0.469 e. The highest BCUT2D eigenvalue weighted by atomic mass is 32.2. The lowest BCUT2D eigenvalue weighted by atomic mass is 10.2. The van der Waals surface area contributed by atoms with Crippen LogP contribution in [0.3, 0.4) is 0 Å². The zero-order valence-electron chi connectivity index (χ0n) is 11.8. The molecule has 0 bridgehead atoms. The molecule has 0 aliphatic rings. The summed E-state index contributed by atoms with van der Waals surface area (Å²) < 4.78 is 5.23. The zero-order chi connectivity index (χ0) is 14.4. The molecule has 106 valence electrons. The van der Waals surface area contributed by atoms with Crippen LogP contribution in [0.4, 0.5) is 0 Å². The summed E-state index contributed by atoms with van der Waals surface area (Å²) >= 11 is 1.72. The fraction of sp³-hybridized carbons (Fsp3) is 0.312. The third kappa shape index (κ3) is 4.17. The second-order valence-corrected chi connectivity index (χ2v) is 5.56. The third-order valence-corrected chi connectivity index (χ3v) is 3.91. The highest BCUT2D eigenvalue weighted by Gasteiger charge is 2.10. The molecule has 0 aliphatic carbocycles. The fourth-order valence-electron chi connectivity index (χ4n) is 1.97. The second kappa shape index (κ2) is 7.20. The number of aryl methyl sites for hydroxylation is 1. The Kier molecular flexibility index (Phi) is 5.30. The van der Waals surface area contributed by atoms with Gasteiger partial charge in [0.1, 0.15) is 5.76 Å². The Bertz CT molecular complexity index is 534. The summed E-state index contributed by atoms with van der Waals surface area (Å²) in [6.07, 6.45) is 4.82. The Morgan fingerprint density at radius 3 is 2.60 bits per heavy atom. The van der Waals surface area contributed by atoms with Crippen LogP contribution in [0, 0.1) is 0 Å². The van der Waals surface area contributed by atoms with Gasteiger partial charge in [-0.05, 0) is 36.1 Å². The second-order valence-electron chi connectivity index (χ2n) is 4.68. The van der Waals surface area contributed by atoms with Gasteiger partial charge in [-0.25, -0.2) is 0 Å². The van der Waals surface area contributed by atoms with Crippen molar-refractivity contribution >= 4 is 17.7 Å². The molecule has 1 heterocycles. The molecule has 3 nitrogen and oxygen atoms in total. The predicted molar refractivity (Wildman–Crippen MR) is 81.7 cm³/mol. The van der Waals surface area contributed by atoms with Crippen LogP contribution in [-0.4, -0.2) is 24.1 Å². The molecule has 0 atom stereocenters. The zero-order valence-corrected chi connectivity index (χ0v) is 12.7. The Morgan fingerprint density at radius 1 is 1.25 bits per heavy atom. The van der Waals surface area contributed by atoms with E-state index in [0.717, 1.165) is 11.3 Å². The van der Waals surface area contributed by atoms with E-state index in [2.05, 4.69) is 30.5 Å². The third-order valence-electron chi connectivity index (χ3n) is 3.17. The number of furan rings is 1. The summed E-state index contributed by atoms with van der Waals surface area (Å²) in [4.78, 5) is 15.0. The average Bonchev–Trinajstić information content (AvgIpc) is 2.98. The van der Waals surface area contributed by atoms with Gasteiger partial charge in [0.05, 0.1) is 6.26 Å². The summed E-state index contributed by atoms with van der Waals surface area (Å²) in [6, 6.07) is 12.1. The summed E-state index contributed by atoms with van der Waals surface area (Å²) in [5, 5.41) is 0. The van der Waals surface area contributed by atoms with E-state index in [-0.39, 0.29) is 5.91 Å². The number of amides is 1. The maximum absolute atomic E-state index is 12.0. The summed E-state index contributed by atoms with van der Waals surface area (Å²) in [7, 11) is 1.84. The van der Waals surface area contributed by atoms with Crippen molar-refractivity contribution in [3.8, 4) is 0 Å². The molecule has 0 spiro atoms. The van der Waals surface area contributed by atoms with Gasteiger partial charge in [-0.15, -0.1) is 11.8 Å². The van der Waals surface area contributed by atoms with Crippen LogP contribution in [0.5, 0.6) is 0 Å². The van der Waals surface area contributed by atoms with E-state index >= 15 is 0 Å². The van der Waals surface area contributed by atoms with Crippen molar-refractivity contribution in [2.45, 2.75) is 24.3 Å². The maximum atomic E-state index is 12.0. The lowest BCUT2D eigenvalue weighted by Crippen LogP contribution is -2.26. The number of benzene rings is 1. The summed E-state index contributed by atoms with van der Waals surface area (Å²) in [6.45, 7) is 0.644. The van der Waals surface area contributed by atoms with Crippen LogP contribution < -0.4 is 0 Å². The number of hydrogen-bond donors (Lipinski definition) is 0. The molecule has 0 saturated heterocycles. The first-order chi connectivity index (χ1) is 9.69. The molecule has 20 heavy (non-hydrogen) atoms. The van der Waals surface area contributed by atoms with Crippen molar-refractivity contribution in [2.75, 3.05) is 13.3 Å². The lowest BCUT2D eigenvalue weighted by Gasteiger charge is -2.17. The number of rotatable bonds is 6. The summed E-state index contributed by atoms with van der Waals surface area (Å²) in [5.41, 5.74) is 1.15. The predicted octanol–water partition coefficient (Wildman–Crippen LogP) is 3.59. The Hall–Kier alpha value is -1.68. The van der Waals surface area contributed by atoms with Gasteiger partial charge >= 0.3 is 0 Å². The highest BCUT2D eigenvalue weighted by Crippen LogP contribution is 2.16. The van der Waals surface area contributed by atoms with Crippen LogP contribution in [0.15, 0.2) is 52.0 Å². The molecule has 1 amide bonds. The molecule has 0 aliphatic heterocycles. The van der Waals surface area contributed by atoms with E-state index in [1.165, 1.54) is 4.90 Å². The van der Waals surface area contributed by atoms with Crippen LogP contribution in [0.2, 0.25) is 0 Å². The maximum Gasteiger partial charge on any atom is 0.223 e. The van der Waals surface area contributed by atoms with Crippen molar-refractivity contribution in [3.05, 3.63) is 54.0 Å². The Labute approximate surface area is 124 Å². The van der Waals surface area contributed by atoms with E-state index in [9.17, 15) is 4.79 Å². The number of carbonyl (C=O) groups is 1. The minimum absolute atomic E-state index is 0.135. The van der Waals surface area contributed by atoms with Gasteiger partial charge in [0.2, 0.25) is 5.91 Å². The van der Waals surface area contributed by atoms with Crippen LogP contribution in [0.25, 0.3) is 0 Å². The molecule has 0 unspecified atom stereocenters. The van der Waals surface area contributed by atoms with Crippen molar-refractivity contribution in [2.24, 2.45) is 0 Å². The van der Waals surface area contributed by atoms with Gasteiger partial charge in [-0.3, -0.25) is 4.79 Å². The first-order valence-electron chi connectivity index (χ1n) is 6.58. The first-order valence-corrected chi connectivity index (χ1v) is 7.81. The SMILES string of the molecule is CSc1ccc(CN(C)C(=O)CCc2ccco2)cc1. The van der Waals surface area contributed by atoms with Crippen LogP contribution in [0.1, 0.15) is 17.7 Å². The lowest BCUT2D eigenvalue weighted by molar-refractivity contribution is -0.130. The van der Waals surface area contributed by atoms with Gasteiger partial charge in [-0.2, -0.15) is 0 Å². The van der Waals surface area contributed by atoms with Crippen molar-refractivity contribution in [1.82, 2.24) is 4.90 Å². The van der Waals surface area contributed by atoms with Crippen LogP contribution in [-0.2, 0) is 17.8 Å². The highest BCUT2D eigenvalue weighted by molar-refractivity contribution is 7.98. The molecule has 4 heteroatoms. The quantitative estimate of drug-likeness (QED) is 0.762. The topological polar surface area (TPSA) is 33.5 Å². The van der Waals surface area contributed by atoms with E-state index < -0.39 is 0 Å². The number of carbonyl (C=O) groups excluding carboxylic acids is 1. The molecule has 0 radical (unpaired) electrons. The Balaban J connectivity index is 1.83. The first kappa shape index (κ1) is 14.7. The van der Waals surface area contributed by atoms with Gasteiger partial charge in [0.25, 0.3) is 0 Å². The molecule has 0 fully saturated rings. The standard InChI is InChI=1S/C16H19NO2S/c1-17(12-13-5-8-15(20-2)9-6-13)16(18)10-7-14-4-3-11-19-14/h3-6,8-9,11H,7,10,12H2,1-2H3. The molecular formula is C16H19NO2S. The monoisotopic (exact) mass is 289 g/mol. The average molecular weight is 289 g/mol. The van der Waals surface area contributed by atoms with E-state index in [1.54, 1.807) is 22.9 Å². The molecular weight excluding hydrogens is 270 g/mol. The van der Waals surface area contributed by atoms with E-state index in [0.29, 0.717) is 19.4 Å². The molecule has 0 N–H and O–H groups in total. The number of nitrogens with zero attached hydrogens (tertiary/aromatic N) is 1. The number of hydrogen-bond acceptors (Lipinski definition) is 3. The Morgan fingerprint density at radius 2 is 2.00 bits per heavy atom. The van der Waals surface area contributed by atoms with Crippen molar-refractivity contribution in [1.29, 1.82) is 0 Å². The fourth-order valence-corrected chi connectivity index (χ4v) is 2.38. The van der Waals surface area contributed by atoms with Gasteiger partial charge in [-0.1, -0.05) is 12.1 Å². The summed E-state index contributed by atoms with van der Waals surface area (Å²) in [5.74, 6) is 0.992. The molecule has 1 aromatic carbocycles. The smallest absolute Gasteiger partial charge is 0.223 e.